The van der Waals surface area contributed by atoms with Crippen molar-refractivity contribution in [3.8, 4) is 0 Å². The molecule has 1 aromatic carbocycles. The molecular formula is C16H16BrNOS. The van der Waals surface area contributed by atoms with Crippen LogP contribution in [0.5, 0.6) is 0 Å². The first-order valence-electron chi connectivity index (χ1n) is 6.82. The van der Waals surface area contributed by atoms with Crippen molar-refractivity contribution in [1.29, 1.82) is 0 Å². The standard InChI is InChI=1S/C16H16BrNOS/c17-14-6-4-12(5-7-14)15(11-2-1-3-11)18-16(19)13-8-9-20-10-13/h4-11,15H,1-3H2,(H,18,19). The van der Waals surface area contributed by atoms with Gasteiger partial charge < -0.3 is 5.32 Å². The molecule has 1 fully saturated rings. The summed E-state index contributed by atoms with van der Waals surface area (Å²) < 4.78 is 1.07. The number of hydrogen-bond donors (Lipinski definition) is 1. The van der Waals surface area contributed by atoms with Crippen molar-refractivity contribution in [2.45, 2.75) is 25.3 Å². The van der Waals surface area contributed by atoms with Gasteiger partial charge >= 0.3 is 0 Å². The maximum atomic E-state index is 12.3. The van der Waals surface area contributed by atoms with E-state index in [0.717, 1.165) is 10.0 Å². The lowest BCUT2D eigenvalue weighted by atomic mass is 9.77. The molecule has 2 aromatic rings. The van der Waals surface area contributed by atoms with Gasteiger partial charge in [0.05, 0.1) is 11.6 Å². The number of rotatable bonds is 4. The Kier molecular flexibility index (Phi) is 4.22. The SMILES string of the molecule is O=C(NC(c1ccc(Br)cc1)C1CCC1)c1ccsc1. The Hall–Kier alpha value is -1.13. The zero-order chi connectivity index (χ0) is 13.9. The largest absolute Gasteiger partial charge is 0.345 e. The third-order valence-electron chi connectivity index (χ3n) is 3.92. The molecule has 0 radical (unpaired) electrons. The molecule has 0 saturated heterocycles. The van der Waals surface area contributed by atoms with E-state index in [1.165, 1.54) is 24.8 Å². The van der Waals surface area contributed by atoms with Crippen LogP contribution in [0.2, 0.25) is 0 Å². The number of hydrogen-bond acceptors (Lipinski definition) is 2. The average Bonchev–Trinajstić information content (AvgIpc) is 2.90. The smallest absolute Gasteiger partial charge is 0.252 e. The molecule has 0 spiro atoms. The fraction of sp³-hybridized carbons (Fsp3) is 0.312. The van der Waals surface area contributed by atoms with Gasteiger partial charge in [-0.3, -0.25) is 4.79 Å². The van der Waals surface area contributed by atoms with Crippen LogP contribution in [0.15, 0.2) is 45.6 Å². The van der Waals surface area contributed by atoms with Crippen molar-refractivity contribution in [3.63, 3.8) is 0 Å². The zero-order valence-electron chi connectivity index (χ0n) is 11.0. The van der Waals surface area contributed by atoms with Crippen molar-refractivity contribution in [3.05, 3.63) is 56.7 Å². The maximum absolute atomic E-state index is 12.3. The normalized spacial score (nSPS) is 16.4. The summed E-state index contributed by atoms with van der Waals surface area (Å²) in [4.78, 5) is 12.3. The number of amides is 1. The Labute approximate surface area is 131 Å². The molecule has 2 nitrogen and oxygen atoms in total. The van der Waals surface area contributed by atoms with E-state index in [1.54, 1.807) is 11.3 Å². The number of benzene rings is 1. The van der Waals surface area contributed by atoms with Gasteiger partial charge in [0.2, 0.25) is 0 Å². The Bertz CT molecular complexity index is 575. The third-order valence-corrected chi connectivity index (χ3v) is 5.13. The fourth-order valence-electron chi connectivity index (χ4n) is 2.53. The quantitative estimate of drug-likeness (QED) is 0.845. The summed E-state index contributed by atoms with van der Waals surface area (Å²) in [7, 11) is 0. The molecule has 1 atom stereocenters. The van der Waals surface area contributed by atoms with Crippen LogP contribution < -0.4 is 5.32 Å². The van der Waals surface area contributed by atoms with Gasteiger partial charge in [0.15, 0.2) is 0 Å². The molecule has 0 bridgehead atoms. The van der Waals surface area contributed by atoms with Gasteiger partial charge in [-0.1, -0.05) is 34.5 Å². The van der Waals surface area contributed by atoms with Crippen LogP contribution in [-0.2, 0) is 0 Å². The fourth-order valence-corrected chi connectivity index (χ4v) is 3.44. The summed E-state index contributed by atoms with van der Waals surface area (Å²) >= 11 is 5.01. The highest BCUT2D eigenvalue weighted by atomic mass is 79.9. The monoisotopic (exact) mass is 349 g/mol. The van der Waals surface area contributed by atoms with Gasteiger partial charge in [0.25, 0.3) is 5.91 Å². The average molecular weight is 350 g/mol. The first-order chi connectivity index (χ1) is 9.74. The summed E-state index contributed by atoms with van der Waals surface area (Å²) in [5, 5.41) is 7.04. The number of thiophene rings is 1. The molecule has 0 aliphatic heterocycles. The molecule has 1 aliphatic rings. The lowest BCUT2D eigenvalue weighted by molar-refractivity contribution is 0.0901. The Balaban J connectivity index is 1.79. The number of halogens is 1. The van der Waals surface area contributed by atoms with E-state index in [4.69, 9.17) is 0 Å². The minimum Gasteiger partial charge on any atom is -0.345 e. The lowest BCUT2D eigenvalue weighted by Crippen LogP contribution is -2.36. The molecule has 1 N–H and O–H groups in total. The van der Waals surface area contributed by atoms with Gasteiger partial charge in [-0.2, -0.15) is 11.3 Å². The van der Waals surface area contributed by atoms with Gasteiger partial charge in [-0.15, -0.1) is 0 Å². The molecular weight excluding hydrogens is 334 g/mol. The molecule has 1 amide bonds. The molecule has 20 heavy (non-hydrogen) atoms. The minimum absolute atomic E-state index is 0.0334. The van der Waals surface area contributed by atoms with Gasteiger partial charge in [0.1, 0.15) is 0 Å². The van der Waals surface area contributed by atoms with Crippen molar-refractivity contribution in [1.82, 2.24) is 5.32 Å². The summed E-state index contributed by atoms with van der Waals surface area (Å²) in [5.41, 5.74) is 1.96. The third kappa shape index (κ3) is 2.96. The number of carbonyl (C=O) groups excluding carboxylic acids is 1. The summed E-state index contributed by atoms with van der Waals surface area (Å²) in [6, 6.07) is 10.3. The second kappa shape index (κ2) is 6.10. The van der Waals surface area contributed by atoms with Crippen LogP contribution in [0.1, 0.15) is 41.2 Å². The van der Waals surface area contributed by atoms with Crippen molar-refractivity contribution in [2.24, 2.45) is 5.92 Å². The Morgan fingerprint density at radius 3 is 2.55 bits per heavy atom. The molecule has 1 aliphatic carbocycles. The molecule has 1 aromatic heterocycles. The van der Waals surface area contributed by atoms with E-state index >= 15 is 0 Å². The van der Waals surface area contributed by atoms with E-state index in [1.807, 2.05) is 29.0 Å². The molecule has 4 heteroatoms. The van der Waals surface area contributed by atoms with Crippen LogP contribution in [0.3, 0.4) is 0 Å². The van der Waals surface area contributed by atoms with Crippen LogP contribution in [0.25, 0.3) is 0 Å². The van der Waals surface area contributed by atoms with Crippen molar-refractivity contribution in [2.75, 3.05) is 0 Å². The topological polar surface area (TPSA) is 29.1 Å². The second-order valence-electron chi connectivity index (χ2n) is 5.21. The van der Waals surface area contributed by atoms with E-state index < -0.39 is 0 Å². The second-order valence-corrected chi connectivity index (χ2v) is 6.90. The van der Waals surface area contributed by atoms with Gasteiger partial charge in [-0.25, -0.2) is 0 Å². The van der Waals surface area contributed by atoms with Gasteiger partial charge in [-0.05, 0) is 47.9 Å². The lowest BCUT2D eigenvalue weighted by Gasteiger charge is -2.34. The van der Waals surface area contributed by atoms with Gasteiger partial charge in [0, 0.05) is 9.85 Å². The molecule has 3 rings (SSSR count). The van der Waals surface area contributed by atoms with Crippen molar-refractivity contribution < 1.29 is 4.79 Å². The summed E-state index contributed by atoms with van der Waals surface area (Å²) in [6.07, 6.45) is 3.67. The van der Waals surface area contributed by atoms with Crippen LogP contribution in [0.4, 0.5) is 0 Å². The number of carbonyl (C=O) groups is 1. The highest BCUT2D eigenvalue weighted by Gasteiger charge is 2.29. The molecule has 104 valence electrons. The predicted molar refractivity (Wildman–Crippen MR) is 86.0 cm³/mol. The predicted octanol–water partition coefficient (Wildman–Crippen LogP) is 4.78. The zero-order valence-corrected chi connectivity index (χ0v) is 13.4. The highest BCUT2D eigenvalue weighted by Crippen LogP contribution is 2.38. The Morgan fingerprint density at radius 2 is 2.00 bits per heavy atom. The van der Waals surface area contributed by atoms with E-state index in [-0.39, 0.29) is 11.9 Å². The maximum Gasteiger partial charge on any atom is 0.252 e. The molecule has 1 heterocycles. The van der Waals surface area contributed by atoms with E-state index in [9.17, 15) is 4.79 Å². The van der Waals surface area contributed by atoms with Crippen LogP contribution in [-0.4, -0.2) is 5.91 Å². The highest BCUT2D eigenvalue weighted by molar-refractivity contribution is 9.10. The first-order valence-corrected chi connectivity index (χ1v) is 8.56. The summed E-state index contributed by atoms with van der Waals surface area (Å²) in [6.45, 7) is 0. The molecule has 1 unspecified atom stereocenters. The first kappa shape index (κ1) is 13.8. The van der Waals surface area contributed by atoms with Crippen LogP contribution in [0, 0.1) is 5.92 Å². The van der Waals surface area contributed by atoms with Crippen molar-refractivity contribution >= 4 is 33.2 Å². The van der Waals surface area contributed by atoms with E-state index in [2.05, 4.69) is 33.4 Å². The molecule has 1 saturated carbocycles. The summed E-state index contributed by atoms with van der Waals surface area (Å²) in [5.74, 6) is 0.602. The van der Waals surface area contributed by atoms with E-state index in [0.29, 0.717) is 5.92 Å². The van der Waals surface area contributed by atoms with Crippen LogP contribution >= 0.6 is 27.3 Å². The minimum atomic E-state index is 0.0334. The number of nitrogens with one attached hydrogen (secondary N) is 1. The Morgan fingerprint density at radius 1 is 1.25 bits per heavy atom.